The average Bonchev–Trinajstić information content (AvgIpc) is 2.02. The van der Waals surface area contributed by atoms with Crippen LogP contribution in [0.5, 0.6) is 0 Å². The fourth-order valence-electron chi connectivity index (χ4n) is 0.757. The van der Waals surface area contributed by atoms with Gasteiger partial charge in [0.2, 0.25) is 0 Å². The van der Waals surface area contributed by atoms with Crippen LogP contribution in [-0.4, -0.2) is 9.79 Å². The molecule has 5 heteroatoms. The smallest absolute Gasteiger partial charge is 0.321 e. The molecule has 1 aromatic rings. The molecule has 0 amide bonds. The Labute approximate surface area is 74.7 Å². The van der Waals surface area contributed by atoms with Crippen molar-refractivity contribution in [3.8, 4) is 0 Å². The minimum Gasteiger partial charge on any atom is -0.321 e. The van der Waals surface area contributed by atoms with E-state index in [2.05, 4.69) is 0 Å². The first kappa shape index (κ1) is 10.1. The van der Waals surface area contributed by atoms with Gasteiger partial charge in [0.25, 0.3) is 0 Å². The second-order valence-electron chi connectivity index (χ2n) is 2.46. The molecule has 2 N–H and O–H groups in total. The molecule has 0 radical (unpaired) electrons. The molecule has 1 aromatic carbocycles. The molecule has 13 heavy (non-hydrogen) atoms. The first-order valence-electron chi connectivity index (χ1n) is 3.47. The van der Waals surface area contributed by atoms with Crippen LogP contribution in [0.3, 0.4) is 0 Å². The topological polar surface area (TPSA) is 57.5 Å². The maximum absolute atomic E-state index is 12.4. The quantitative estimate of drug-likeness (QED) is 0.721. The lowest BCUT2D eigenvalue weighted by Gasteiger charge is -1.95. The van der Waals surface area contributed by atoms with Gasteiger partial charge < -0.3 is 9.79 Å². The van der Waals surface area contributed by atoms with Gasteiger partial charge in [-0.2, -0.15) is 0 Å². The maximum Gasteiger partial charge on any atom is 0.349 e. The minimum absolute atomic E-state index is 0.381. The monoisotopic (exact) mass is 202 g/mol. The zero-order valence-corrected chi connectivity index (χ0v) is 7.49. The molecule has 0 saturated carbocycles. The van der Waals surface area contributed by atoms with Gasteiger partial charge in [-0.3, -0.25) is 4.57 Å². The molecule has 0 heterocycles. The van der Waals surface area contributed by atoms with Crippen molar-refractivity contribution in [2.24, 2.45) is 0 Å². The number of rotatable bonds is 2. The Morgan fingerprint density at radius 1 is 1.23 bits per heavy atom. The first-order chi connectivity index (χ1) is 5.97. The molecular weight excluding hydrogens is 194 g/mol. The maximum atomic E-state index is 12.4. The molecule has 0 fully saturated rings. The van der Waals surface area contributed by atoms with Gasteiger partial charge >= 0.3 is 7.60 Å². The Balaban J connectivity index is 2.81. The molecule has 0 aromatic heterocycles. The largest absolute Gasteiger partial charge is 0.349 e. The van der Waals surface area contributed by atoms with Crippen molar-refractivity contribution in [3.05, 3.63) is 41.5 Å². The normalized spacial score (nSPS) is 12.2. The molecule has 0 unspecified atom stereocenters. The van der Waals surface area contributed by atoms with Crippen LogP contribution < -0.4 is 0 Å². The molecule has 0 spiro atoms. The summed E-state index contributed by atoms with van der Waals surface area (Å²) in [5.74, 6) is 0.397. The molecule has 0 aliphatic carbocycles. The number of halogens is 1. The van der Waals surface area contributed by atoms with Gasteiger partial charge in [0.1, 0.15) is 5.82 Å². The summed E-state index contributed by atoms with van der Waals surface area (Å²) in [7, 11) is -4.12. The Hall–Kier alpha value is -0.960. The number of benzene rings is 1. The van der Waals surface area contributed by atoms with Gasteiger partial charge in [0, 0.05) is 5.82 Å². The highest BCUT2D eigenvalue weighted by Gasteiger charge is 2.04. The van der Waals surface area contributed by atoms with E-state index in [0.717, 1.165) is 5.82 Å². The second kappa shape index (κ2) is 3.83. The van der Waals surface area contributed by atoms with E-state index in [0.29, 0.717) is 5.56 Å². The number of hydrogen-bond donors (Lipinski definition) is 2. The van der Waals surface area contributed by atoms with E-state index in [4.69, 9.17) is 9.79 Å². The highest BCUT2D eigenvalue weighted by atomic mass is 31.2. The van der Waals surface area contributed by atoms with Crippen LogP contribution in [0.15, 0.2) is 30.1 Å². The first-order valence-corrected chi connectivity index (χ1v) is 5.15. The van der Waals surface area contributed by atoms with E-state index < -0.39 is 7.60 Å². The summed E-state index contributed by atoms with van der Waals surface area (Å²) in [5.41, 5.74) is 0.546. The van der Waals surface area contributed by atoms with Crippen LogP contribution in [0.4, 0.5) is 4.39 Å². The molecule has 70 valence electrons. The van der Waals surface area contributed by atoms with Crippen molar-refractivity contribution in [1.29, 1.82) is 0 Å². The third kappa shape index (κ3) is 3.99. The average molecular weight is 202 g/mol. The molecule has 0 bridgehead atoms. The van der Waals surface area contributed by atoms with Crippen molar-refractivity contribution in [1.82, 2.24) is 0 Å². The standard InChI is InChI=1S/C8H8FO3P/c9-8-3-1-7(2-4-8)5-6-13(10,11)12/h1-6H,(H2,10,11,12). The SMILES string of the molecule is O=P(O)(O)C=Cc1ccc(F)cc1. The zero-order chi connectivity index (χ0) is 9.90. The lowest BCUT2D eigenvalue weighted by atomic mass is 10.2. The molecule has 0 atom stereocenters. The third-order valence-corrected chi connectivity index (χ3v) is 1.87. The Morgan fingerprint density at radius 3 is 2.23 bits per heavy atom. The van der Waals surface area contributed by atoms with Crippen LogP contribution in [0.25, 0.3) is 6.08 Å². The van der Waals surface area contributed by atoms with Crippen molar-refractivity contribution in [2.75, 3.05) is 0 Å². The summed E-state index contributed by atoms with van der Waals surface area (Å²) in [6, 6.07) is 5.31. The van der Waals surface area contributed by atoms with Gasteiger partial charge in [-0.15, -0.1) is 0 Å². The highest BCUT2D eigenvalue weighted by molar-refractivity contribution is 7.55. The van der Waals surface area contributed by atoms with E-state index in [9.17, 15) is 8.96 Å². The van der Waals surface area contributed by atoms with Crippen LogP contribution in [0, 0.1) is 5.82 Å². The van der Waals surface area contributed by atoms with E-state index >= 15 is 0 Å². The Morgan fingerprint density at radius 2 is 1.77 bits per heavy atom. The van der Waals surface area contributed by atoms with Crippen molar-refractivity contribution >= 4 is 13.7 Å². The molecular formula is C8H8FO3P. The van der Waals surface area contributed by atoms with E-state index in [1.54, 1.807) is 0 Å². The molecule has 3 nitrogen and oxygen atoms in total. The second-order valence-corrected chi connectivity index (χ2v) is 3.93. The lowest BCUT2D eigenvalue weighted by Crippen LogP contribution is -1.75. The van der Waals surface area contributed by atoms with Crippen molar-refractivity contribution < 1.29 is 18.7 Å². The van der Waals surface area contributed by atoms with Gasteiger partial charge in [-0.1, -0.05) is 12.1 Å². The van der Waals surface area contributed by atoms with Gasteiger partial charge in [0.15, 0.2) is 0 Å². The molecule has 0 aliphatic heterocycles. The Kier molecular flexibility index (Phi) is 2.98. The third-order valence-electron chi connectivity index (χ3n) is 1.33. The summed E-state index contributed by atoms with van der Waals surface area (Å²) in [6.45, 7) is 0. The lowest BCUT2D eigenvalue weighted by molar-refractivity contribution is 0.386. The van der Waals surface area contributed by atoms with E-state index in [1.165, 1.54) is 30.3 Å². The van der Waals surface area contributed by atoms with Crippen LogP contribution in [-0.2, 0) is 4.57 Å². The summed E-state index contributed by atoms with van der Waals surface area (Å²) >= 11 is 0. The van der Waals surface area contributed by atoms with Gasteiger partial charge in [-0.25, -0.2) is 4.39 Å². The summed E-state index contributed by atoms with van der Waals surface area (Å²) in [5, 5.41) is 0. The van der Waals surface area contributed by atoms with Crippen molar-refractivity contribution in [3.63, 3.8) is 0 Å². The van der Waals surface area contributed by atoms with Crippen LogP contribution in [0.2, 0.25) is 0 Å². The predicted octanol–water partition coefficient (Wildman–Crippen LogP) is 1.97. The predicted molar refractivity (Wildman–Crippen MR) is 47.5 cm³/mol. The fraction of sp³-hybridized carbons (Fsp3) is 0. The van der Waals surface area contributed by atoms with Gasteiger partial charge in [0.05, 0.1) is 0 Å². The van der Waals surface area contributed by atoms with E-state index in [1.807, 2.05) is 0 Å². The van der Waals surface area contributed by atoms with Crippen LogP contribution >= 0.6 is 7.60 Å². The fourth-order valence-corrected chi connectivity index (χ4v) is 1.12. The van der Waals surface area contributed by atoms with Crippen molar-refractivity contribution in [2.45, 2.75) is 0 Å². The molecule has 0 saturated heterocycles. The molecule has 0 aliphatic rings. The summed E-state index contributed by atoms with van der Waals surface area (Å²) in [6.07, 6.45) is 1.25. The highest BCUT2D eigenvalue weighted by Crippen LogP contribution is 2.36. The van der Waals surface area contributed by atoms with E-state index in [-0.39, 0.29) is 5.82 Å². The van der Waals surface area contributed by atoms with Crippen LogP contribution in [0.1, 0.15) is 5.56 Å². The van der Waals surface area contributed by atoms with Gasteiger partial charge in [-0.05, 0) is 23.8 Å². The number of hydrogen-bond acceptors (Lipinski definition) is 1. The Bertz CT molecular complexity index is 352. The summed E-state index contributed by atoms with van der Waals surface area (Å²) < 4.78 is 22.8. The zero-order valence-electron chi connectivity index (χ0n) is 6.59. The summed E-state index contributed by atoms with van der Waals surface area (Å²) in [4.78, 5) is 17.0. The minimum atomic E-state index is -4.12. The molecule has 1 rings (SSSR count).